The van der Waals surface area contributed by atoms with Crippen LogP contribution >= 0.6 is 0 Å². The predicted molar refractivity (Wildman–Crippen MR) is 61.9 cm³/mol. The summed E-state index contributed by atoms with van der Waals surface area (Å²) in [6.07, 6.45) is 5.87. The highest BCUT2D eigenvalue weighted by Crippen LogP contribution is 2.07. The number of nitrogens with one attached hydrogen (secondary N) is 1. The highest BCUT2D eigenvalue weighted by atomic mass is 16.1. The molecule has 84 valence electrons. The molecule has 0 radical (unpaired) electrons. The zero-order valence-electron chi connectivity index (χ0n) is 9.74. The average Bonchev–Trinajstić information content (AvgIpc) is 2.28. The van der Waals surface area contributed by atoms with Crippen LogP contribution in [0, 0.1) is 19.3 Å². The van der Waals surface area contributed by atoms with Crippen LogP contribution in [-0.2, 0) is 6.42 Å². The highest BCUT2D eigenvalue weighted by molar-refractivity contribution is 5.95. The van der Waals surface area contributed by atoms with Gasteiger partial charge in [-0.25, -0.2) is 0 Å². The molecule has 1 N–H and O–H groups in total. The van der Waals surface area contributed by atoms with Gasteiger partial charge < -0.3 is 5.32 Å². The number of aryl methyl sites for hydroxylation is 2. The number of amides is 1. The number of hydrogen-bond donors (Lipinski definition) is 1. The van der Waals surface area contributed by atoms with Crippen molar-refractivity contribution in [3.05, 3.63) is 23.0 Å². The summed E-state index contributed by atoms with van der Waals surface area (Å²) in [6, 6.07) is 1.44. The number of hydrogen-bond acceptors (Lipinski definition) is 3. The molecule has 4 heteroatoms. The Morgan fingerprint density at radius 2 is 2.31 bits per heavy atom. The van der Waals surface area contributed by atoms with E-state index in [0.29, 0.717) is 17.7 Å². The third kappa shape index (κ3) is 2.80. The van der Waals surface area contributed by atoms with Gasteiger partial charge in [0.05, 0.1) is 23.0 Å². The molecule has 1 amide bonds. The van der Waals surface area contributed by atoms with Crippen LogP contribution in [0.1, 0.15) is 35.6 Å². The summed E-state index contributed by atoms with van der Waals surface area (Å²) in [5.74, 6) is 2.26. The minimum atomic E-state index is -0.286. The number of aromatic nitrogens is 2. The van der Waals surface area contributed by atoms with E-state index in [1.165, 1.54) is 0 Å². The summed E-state index contributed by atoms with van der Waals surface area (Å²) in [4.78, 5) is 11.9. The molecule has 0 fully saturated rings. The molecule has 0 aliphatic rings. The molecule has 1 atom stereocenters. The Bertz CT molecular complexity index is 434. The molecule has 16 heavy (non-hydrogen) atoms. The number of carbonyl (C=O) groups is 1. The van der Waals surface area contributed by atoms with Gasteiger partial charge in [-0.15, -0.1) is 6.42 Å². The summed E-state index contributed by atoms with van der Waals surface area (Å²) >= 11 is 0. The fraction of sp³-hybridized carbons (Fsp3) is 0.417. The third-order valence-corrected chi connectivity index (χ3v) is 2.17. The van der Waals surface area contributed by atoms with E-state index in [4.69, 9.17) is 6.42 Å². The zero-order chi connectivity index (χ0) is 12.1. The molecule has 0 saturated carbocycles. The van der Waals surface area contributed by atoms with Crippen molar-refractivity contribution >= 4 is 5.91 Å². The maximum atomic E-state index is 11.9. The molecule has 0 aliphatic heterocycles. The lowest BCUT2D eigenvalue weighted by Crippen LogP contribution is -2.32. The molecular formula is C12H15N3O. The molecule has 1 rings (SSSR count). The number of carbonyl (C=O) groups excluding carboxylic acids is 1. The van der Waals surface area contributed by atoms with E-state index in [1.807, 2.05) is 6.92 Å². The van der Waals surface area contributed by atoms with Crippen molar-refractivity contribution in [2.45, 2.75) is 33.2 Å². The smallest absolute Gasteiger partial charge is 0.254 e. The molecular weight excluding hydrogens is 202 g/mol. The Morgan fingerprint density at radius 1 is 1.62 bits per heavy atom. The van der Waals surface area contributed by atoms with E-state index >= 15 is 0 Å². The van der Waals surface area contributed by atoms with Crippen LogP contribution in [-0.4, -0.2) is 22.1 Å². The summed E-state index contributed by atoms with van der Waals surface area (Å²) in [5, 5.41) is 10.6. The summed E-state index contributed by atoms with van der Waals surface area (Å²) in [7, 11) is 0. The Labute approximate surface area is 95.5 Å². The molecule has 1 heterocycles. The van der Waals surface area contributed by atoms with Gasteiger partial charge in [0.25, 0.3) is 5.91 Å². The first-order valence-corrected chi connectivity index (χ1v) is 5.18. The lowest BCUT2D eigenvalue weighted by atomic mass is 10.1. The summed E-state index contributed by atoms with van der Waals surface area (Å²) in [6.45, 7) is 5.49. The van der Waals surface area contributed by atoms with E-state index in [2.05, 4.69) is 21.4 Å². The standard InChI is InChI=1S/C12H15N3O/c1-5-8(3)13-12(16)10-7-9(4)14-15-11(10)6-2/h1,7-8H,6H2,2-4H3,(H,13,16). The fourth-order valence-electron chi connectivity index (χ4n) is 1.29. The first-order valence-electron chi connectivity index (χ1n) is 5.18. The maximum absolute atomic E-state index is 11.9. The summed E-state index contributed by atoms with van der Waals surface area (Å²) < 4.78 is 0. The monoisotopic (exact) mass is 217 g/mol. The van der Waals surface area contributed by atoms with Gasteiger partial charge in [-0.05, 0) is 26.3 Å². The molecule has 1 unspecified atom stereocenters. The van der Waals surface area contributed by atoms with Gasteiger partial charge in [-0.1, -0.05) is 12.8 Å². The molecule has 4 nitrogen and oxygen atoms in total. The first kappa shape index (κ1) is 12.2. The summed E-state index contributed by atoms with van der Waals surface area (Å²) in [5.41, 5.74) is 1.96. The second-order valence-corrected chi connectivity index (χ2v) is 3.56. The van der Waals surface area contributed by atoms with E-state index in [1.54, 1.807) is 19.9 Å². The van der Waals surface area contributed by atoms with Crippen LogP contribution in [0.5, 0.6) is 0 Å². The zero-order valence-corrected chi connectivity index (χ0v) is 9.74. The molecule has 0 aliphatic carbocycles. The van der Waals surface area contributed by atoms with Gasteiger partial charge in [-0.3, -0.25) is 4.79 Å². The van der Waals surface area contributed by atoms with Crippen molar-refractivity contribution in [2.24, 2.45) is 0 Å². The van der Waals surface area contributed by atoms with Crippen LogP contribution in [0.2, 0.25) is 0 Å². The SMILES string of the molecule is C#CC(C)NC(=O)c1cc(C)nnc1CC. The van der Waals surface area contributed by atoms with Crippen molar-refractivity contribution in [3.63, 3.8) is 0 Å². The Kier molecular flexibility index (Phi) is 4.01. The van der Waals surface area contributed by atoms with Crippen molar-refractivity contribution < 1.29 is 4.79 Å². The largest absolute Gasteiger partial charge is 0.339 e. The Morgan fingerprint density at radius 3 is 2.88 bits per heavy atom. The van der Waals surface area contributed by atoms with Crippen LogP contribution in [0.25, 0.3) is 0 Å². The number of rotatable bonds is 3. The van der Waals surface area contributed by atoms with Crippen LogP contribution in [0.15, 0.2) is 6.07 Å². The van der Waals surface area contributed by atoms with Gasteiger partial charge in [0.2, 0.25) is 0 Å². The third-order valence-electron chi connectivity index (χ3n) is 2.17. The normalized spacial score (nSPS) is 11.6. The van der Waals surface area contributed by atoms with E-state index in [0.717, 1.165) is 5.69 Å². The Hall–Kier alpha value is -1.89. The van der Waals surface area contributed by atoms with Gasteiger partial charge in [0.15, 0.2) is 0 Å². The molecule has 0 spiro atoms. The predicted octanol–water partition coefficient (Wildman–Crippen LogP) is 1.10. The lowest BCUT2D eigenvalue weighted by molar-refractivity contribution is 0.0946. The van der Waals surface area contributed by atoms with Gasteiger partial charge in [-0.2, -0.15) is 10.2 Å². The van der Waals surface area contributed by atoms with Gasteiger partial charge in [0, 0.05) is 0 Å². The second kappa shape index (κ2) is 5.26. The molecule has 1 aromatic rings. The minimum absolute atomic E-state index is 0.194. The van der Waals surface area contributed by atoms with Crippen LogP contribution in [0.3, 0.4) is 0 Å². The number of nitrogens with zero attached hydrogens (tertiary/aromatic N) is 2. The quantitative estimate of drug-likeness (QED) is 0.771. The maximum Gasteiger partial charge on any atom is 0.254 e. The average molecular weight is 217 g/mol. The second-order valence-electron chi connectivity index (χ2n) is 3.56. The Balaban J connectivity index is 2.98. The first-order chi connectivity index (χ1) is 7.58. The fourth-order valence-corrected chi connectivity index (χ4v) is 1.29. The topological polar surface area (TPSA) is 54.9 Å². The van der Waals surface area contributed by atoms with Gasteiger partial charge >= 0.3 is 0 Å². The van der Waals surface area contributed by atoms with E-state index in [9.17, 15) is 4.79 Å². The van der Waals surface area contributed by atoms with Crippen LogP contribution in [0.4, 0.5) is 0 Å². The van der Waals surface area contributed by atoms with Crippen molar-refractivity contribution in [3.8, 4) is 12.3 Å². The minimum Gasteiger partial charge on any atom is -0.339 e. The molecule has 0 aromatic carbocycles. The van der Waals surface area contributed by atoms with Crippen molar-refractivity contribution in [1.82, 2.24) is 15.5 Å². The van der Waals surface area contributed by atoms with Gasteiger partial charge in [0.1, 0.15) is 0 Å². The van der Waals surface area contributed by atoms with Crippen molar-refractivity contribution in [1.29, 1.82) is 0 Å². The lowest BCUT2D eigenvalue weighted by Gasteiger charge is -2.10. The van der Waals surface area contributed by atoms with E-state index in [-0.39, 0.29) is 11.9 Å². The molecule has 0 saturated heterocycles. The highest BCUT2D eigenvalue weighted by Gasteiger charge is 2.13. The van der Waals surface area contributed by atoms with Crippen LogP contribution < -0.4 is 5.32 Å². The molecule has 0 bridgehead atoms. The van der Waals surface area contributed by atoms with E-state index < -0.39 is 0 Å². The van der Waals surface area contributed by atoms with Crippen molar-refractivity contribution in [2.75, 3.05) is 0 Å². The molecule has 1 aromatic heterocycles. The number of terminal acetylenes is 1.